The van der Waals surface area contributed by atoms with Crippen molar-refractivity contribution in [3.8, 4) is 0 Å². The van der Waals surface area contributed by atoms with Crippen LogP contribution in [0.15, 0.2) is 17.3 Å². The molecule has 1 heterocycles. The molecule has 2 rings (SSSR count). The van der Waals surface area contributed by atoms with Crippen molar-refractivity contribution in [2.45, 2.75) is 12.8 Å². The normalized spacial score (nSPS) is 13.6. The number of oxime groups is 1. The van der Waals surface area contributed by atoms with E-state index in [9.17, 15) is 13.2 Å². The maximum absolute atomic E-state index is 11.1. The molecule has 1 aliphatic heterocycles. The summed E-state index contributed by atoms with van der Waals surface area (Å²) in [5.41, 5.74) is 1.39. The van der Waals surface area contributed by atoms with Gasteiger partial charge in [0.25, 0.3) is 0 Å². The van der Waals surface area contributed by atoms with Gasteiger partial charge < -0.3 is 9.94 Å². The first kappa shape index (κ1) is 14.5. The summed E-state index contributed by atoms with van der Waals surface area (Å²) >= 11 is 6.07. The smallest absolute Gasteiger partial charge is 0.337 e. The van der Waals surface area contributed by atoms with Crippen LogP contribution in [0.25, 0.3) is 0 Å². The first-order chi connectivity index (χ1) is 9.49. The molecule has 1 aliphatic rings. The van der Waals surface area contributed by atoms with Crippen LogP contribution in [0, 0.1) is 0 Å². The molecule has 0 unspecified atom stereocenters. The van der Waals surface area contributed by atoms with Crippen molar-refractivity contribution >= 4 is 38.9 Å². The van der Waals surface area contributed by atoms with E-state index in [1.807, 2.05) is 0 Å². The van der Waals surface area contributed by atoms with Gasteiger partial charge in [0.1, 0.15) is 6.61 Å². The minimum Gasteiger partial charge on any atom is -0.478 e. The second-order valence-electron chi connectivity index (χ2n) is 4.10. The van der Waals surface area contributed by atoms with Crippen LogP contribution in [0.1, 0.15) is 27.9 Å². The van der Waals surface area contributed by atoms with E-state index in [1.165, 1.54) is 12.1 Å². The SMILES string of the molecule is O=C(O)c1ccc(C=S(=O)=O)c(CC2=NOCC2)c1Cl. The van der Waals surface area contributed by atoms with Gasteiger partial charge in [0.05, 0.1) is 21.7 Å². The van der Waals surface area contributed by atoms with Crippen LogP contribution in [0.2, 0.25) is 5.02 Å². The molecule has 6 nitrogen and oxygen atoms in total. The Kier molecular flexibility index (Phi) is 4.41. The standard InChI is InChI=1S/C12H10ClNO5S/c13-11-9(12(15)16)2-1-7(6-20(17)18)10(11)5-8-3-4-19-14-8/h1-2,6H,3-5H2,(H,15,16). The fourth-order valence-electron chi connectivity index (χ4n) is 1.87. The van der Waals surface area contributed by atoms with Crippen molar-refractivity contribution < 1.29 is 23.2 Å². The fraction of sp³-hybridized carbons (Fsp3) is 0.250. The highest BCUT2D eigenvalue weighted by Gasteiger charge is 2.19. The first-order valence-electron chi connectivity index (χ1n) is 5.64. The highest BCUT2D eigenvalue weighted by atomic mass is 35.5. The molecule has 0 saturated heterocycles. The summed E-state index contributed by atoms with van der Waals surface area (Å²) in [5.74, 6) is -1.17. The third-order valence-electron chi connectivity index (χ3n) is 2.79. The average Bonchev–Trinajstić information content (AvgIpc) is 2.85. The Bertz CT molecular complexity index is 716. The topological polar surface area (TPSA) is 93.0 Å². The van der Waals surface area contributed by atoms with Crippen LogP contribution in [0.4, 0.5) is 0 Å². The first-order valence-corrected chi connectivity index (χ1v) is 7.16. The van der Waals surface area contributed by atoms with Crippen LogP contribution in [0.3, 0.4) is 0 Å². The summed E-state index contributed by atoms with van der Waals surface area (Å²) in [6.07, 6.45) is 0.858. The van der Waals surface area contributed by atoms with Gasteiger partial charge in [0.2, 0.25) is 10.3 Å². The molecule has 0 amide bonds. The molecule has 0 atom stereocenters. The molecule has 0 fully saturated rings. The van der Waals surface area contributed by atoms with Gasteiger partial charge in [-0.3, -0.25) is 0 Å². The molecular weight excluding hydrogens is 306 g/mol. The number of hydrogen-bond acceptors (Lipinski definition) is 5. The molecule has 106 valence electrons. The molecule has 1 N–H and O–H groups in total. The number of halogens is 1. The van der Waals surface area contributed by atoms with Gasteiger partial charge in [0, 0.05) is 12.8 Å². The van der Waals surface area contributed by atoms with E-state index in [2.05, 4.69) is 5.16 Å². The Morgan fingerprint density at radius 3 is 2.80 bits per heavy atom. The van der Waals surface area contributed by atoms with Crippen molar-refractivity contribution in [3.05, 3.63) is 33.8 Å². The molecule has 0 spiro atoms. The van der Waals surface area contributed by atoms with E-state index in [4.69, 9.17) is 21.5 Å². The highest BCUT2D eigenvalue weighted by molar-refractivity contribution is 7.71. The van der Waals surface area contributed by atoms with Crippen molar-refractivity contribution in [2.24, 2.45) is 5.16 Å². The maximum Gasteiger partial charge on any atom is 0.337 e. The average molecular weight is 316 g/mol. The lowest BCUT2D eigenvalue weighted by atomic mass is 9.99. The number of hydrogen-bond donors (Lipinski definition) is 1. The molecule has 0 aromatic heterocycles. The quantitative estimate of drug-likeness (QED) is 0.847. The van der Waals surface area contributed by atoms with Crippen LogP contribution in [0.5, 0.6) is 0 Å². The summed E-state index contributed by atoms with van der Waals surface area (Å²) in [6, 6.07) is 2.69. The van der Waals surface area contributed by atoms with Crippen molar-refractivity contribution in [2.75, 3.05) is 6.61 Å². The summed E-state index contributed by atoms with van der Waals surface area (Å²) in [5, 5.41) is 13.9. The third-order valence-corrected chi connectivity index (χ3v) is 3.67. The lowest BCUT2D eigenvalue weighted by Crippen LogP contribution is -2.08. The summed E-state index contributed by atoms with van der Waals surface area (Å²) < 4.78 is 21.6. The fourth-order valence-corrected chi connectivity index (χ4v) is 2.61. The molecule has 0 saturated carbocycles. The number of rotatable bonds is 4. The van der Waals surface area contributed by atoms with Gasteiger partial charge in [-0.15, -0.1) is 0 Å². The Morgan fingerprint density at radius 2 is 2.25 bits per heavy atom. The zero-order chi connectivity index (χ0) is 14.7. The minimum absolute atomic E-state index is 0.0197. The number of benzene rings is 1. The van der Waals surface area contributed by atoms with Crippen LogP contribution in [-0.4, -0.2) is 37.2 Å². The maximum atomic E-state index is 11.1. The van der Waals surface area contributed by atoms with Gasteiger partial charge in [-0.05, 0) is 17.2 Å². The highest BCUT2D eigenvalue weighted by Crippen LogP contribution is 2.26. The molecule has 0 radical (unpaired) electrons. The van der Waals surface area contributed by atoms with Crippen molar-refractivity contribution in [3.63, 3.8) is 0 Å². The molecule has 1 aromatic rings. The number of aromatic carboxylic acids is 1. The van der Waals surface area contributed by atoms with E-state index in [0.29, 0.717) is 29.9 Å². The minimum atomic E-state index is -2.41. The molecule has 8 heteroatoms. The summed E-state index contributed by atoms with van der Waals surface area (Å²) in [6.45, 7) is 0.456. The Labute approximate surface area is 121 Å². The van der Waals surface area contributed by atoms with Gasteiger partial charge in [-0.25, -0.2) is 4.79 Å². The third kappa shape index (κ3) is 3.17. The lowest BCUT2D eigenvalue weighted by Gasteiger charge is -2.09. The molecule has 1 aromatic carbocycles. The molecule has 0 aliphatic carbocycles. The number of carbonyl (C=O) groups is 1. The Morgan fingerprint density at radius 1 is 1.50 bits per heavy atom. The number of carboxylic acid groups (broad SMARTS) is 1. The van der Waals surface area contributed by atoms with Crippen LogP contribution < -0.4 is 0 Å². The number of carboxylic acids is 1. The summed E-state index contributed by atoms with van der Waals surface area (Å²) in [7, 11) is -2.41. The van der Waals surface area contributed by atoms with Crippen molar-refractivity contribution in [1.82, 2.24) is 0 Å². The second kappa shape index (κ2) is 6.06. The number of nitrogens with zero attached hydrogens (tertiary/aromatic N) is 1. The molecule has 20 heavy (non-hydrogen) atoms. The van der Waals surface area contributed by atoms with E-state index in [0.717, 1.165) is 5.37 Å². The molecular formula is C12H10ClNO5S. The Hall–Kier alpha value is -1.86. The van der Waals surface area contributed by atoms with E-state index < -0.39 is 16.3 Å². The van der Waals surface area contributed by atoms with Crippen LogP contribution in [-0.2, 0) is 21.6 Å². The van der Waals surface area contributed by atoms with Gasteiger partial charge in [-0.1, -0.05) is 22.8 Å². The van der Waals surface area contributed by atoms with Gasteiger partial charge >= 0.3 is 5.97 Å². The monoisotopic (exact) mass is 315 g/mol. The second-order valence-corrected chi connectivity index (χ2v) is 5.23. The summed E-state index contributed by atoms with van der Waals surface area (Å²) in [4.78, 5) is 15.9. The zero-order valence-corrected chi connectivity index (χ0v) is 11.7. The molecule has 0 bridgehead atoms. The van der Waals surface area contributed by atoms with E-state index in [1.54, 1.807) is 0 Å². The Balaban J connectivity index is 2.55. The van der Waals surface area contributed by atoms with Crippen molar-refractivity contribution in [1.29, 1.82) is 0 Å². The predicted molar refractivity (Wildman–Crippen MR) is 74.2 cm³/mol. The van der Waals surface area contributed by atoms with Gasteiger partial charge in [-0.2, -0.15) is 8.42 Å². The largest absolute Gasteiger partial charge is 0.478 e. The predicted octanol–water partition coefficient (Wildman–Crippen LogP) is 1.39. The van der Waals surface area contributed by atoms with E-state index in [-0.39, 0.29) is 17.0 Å². The van der Waals surface area contributed by atoms with Gasteiger partial charge in [0.15, 0.2) is 0 Å². The van der Waals surface area contributed by atoms with Crippen LogP contribution >= 0.6 is 11.6 Å². The van der Waals surface area contributed by atoms with E-state index >= 15 is 0 Å². The zero-order valence-electron chi connectivity index (χ0n) is 10.2. The lowest BCUT2D eigenvalue weighted by molar-refractivity contribution is 0.0697.